The molecule has 0 saturated carbocycles. The quantitative estimate of drug-likeness (QED) is 0.705. The second kappa shape index (κ2) is 7.62. The third-order valence-electron chi connectivity index (χ3n) is 5.45. The molecule has 27 heavy (non-hydrogen) atoms. The summed E-state index contributed by atoms with van der Waals surface area (Å²) in [4.78, 5) is 5.78. The van der Waals surface area contributed by atoms with Crippen molar-refractivity contribution in [2.24, 2.45) is 5.73 Å². The first-order valence-electron chi connectivity index (χ1n) is 9.44. The largest absolute Gasteiger partial charge is 0.493 e. The Balaban J connectivity index is 1.43. The molecule has 0 fully saturated rings. The van der Waals surface area contributed by atoms with Crippen LogP contribution < -0.4 is 15.2 Å². The van der Waals surface area contributed by atoms with E-state index < -0.39 is 0 Å². The summed E-state index contributed by atoms with van der Waals surface area (Å²) < 4.78 is 10.9. The normalized spacial score (nSPS) is 15.5. The number of benzene rings is 2. The Morgan fingerprint density at radius 3 is 2.63 bits per heavy atom. The molecule has 0 unspecified atom stereocenters. The summed E-state index contributed by atoms with van der Waals surface area (Å²) in [5.74, 6) is 1.60. The van der Waals surface area contributed by atoms with Crippen molar-refractivity contribution < 1.29 is 9.47 Å². The average molecular weight is 365 g/mol. The van der Waals surface area contributed by atoms with Crippen LogP contribution in [0.2, 0.25) is 0 Å². The number of ether oxygens (including phenoxy) is 2. The van der Waals surface area contributed by atoms with E-state index in [2.05, 4.69) is 52.5 Å². The molecule has 142 valence electrons. The van der Waals surface area contributed by atoms with Crippen LogP contribution in [0.3, 0.4) is 0 Å². The lowest BCUT2D eigenvalue weighted by atomic mass is 9.97. The predicted octanol–water partition coefficient (Wildman–Crippen LogP) is 3.11. The van der Waals surface area contributed by atoms with Crippen molar-refractivity contribution in [1.82, 2.24) is 9.88 Å². The highest BCUT2D eigenvalue weighted by molar-refractivity contribution is 5.83. The number of aromatic amines is 1. The minimum atomic E-state index is 0.103. The molecule has 2 aromatic carbocycles. The molecule has 5 heteroatoms. The number of hydrogen-bond acceptors (Lipinski definition) is 4. The minimum Gasteiger partial charge on any atom is -0.493 e. The van der Waals surface area contributed by atoms with Gasteiger partial charge in [0.2, 0.25) is 0 Å². The van der Waals surface area contributed by atoms with Gasteiger partial charge in [-0.25, -0.2) is 0 Å². The van der Waals surface area contributed by atoms with Crippen LogP contribution in [0.1, 0.15) is 16.7 Å². The molecule has 0 spiro atoms. The van der Waals surface area contributed by atoms with Crippen molar-refractivity contribution in [3.05, 3.63) is 59.3 Å². The van der Waals surface area contributed by atoms with Crippen LogP contribution in [0.5, 0.6) is 11.5 Å². The zero-order valence-electron chi connectivity index (χ0n) is 16.0. The fourth-order valence-electron chi connectivity index (χ4n) is 4.08. The SMILES string of the molecule is COc1cc2c(cc1OC)CN(C[C@@H](N)Cc1c[nH]c3ccccc13)CC2. The van der Waals surface area contributed by atoms with Crippen molar-refractivity contribution in [2.75, 3.05) is 27.3 Å². The lowest BCUT2D eigenvalue weighted by Gasteiger charge is -2.31. The average Bonchev–Trinajstić information content (AvgIpc) is 3.09. The summed E-state index contributed by atoms with van der Waals surface area (Å²) in [5, 5.41) is 1.27. The van der Waals surface area contributed by atoms with Gasteiger partial charge in [0.25, 0.3) is 0 Å². The number of para-hydroxylation sites is 1. The Morgan fingerprint density at radius 1 is 1.11 bits per heavy atom. The van der Waals surface area contributed by atoms with Gasteiger partial charge >= 0.3 is 0 Å². The molecule has 0 saturated heterocycles. The van der Waals surface area contributed by atoms with Gasteiger partial charge in [0.05, 0.1) is 14.2 Å². The molecule has 1 aliphatic heterocycles. The summed E-state index contributed by atoms with van der Waals surface area (Å²) in [5.41, 5.74) is 11.6. The molecule has 0 radical (unpaired) electrons. The molecular formula is C22H27N3O2. The minimum absolute atomic E-state index is 0.103. The maximum atomic E-state index is 6.51. The van der Waals surface area contributed by atoms with Crippen LogP contribution in [0.4, 0.5) is 0 Å². The van der Waals surface area contributed by atoms with Gasteiger partial charge in [-0.1, -0.05) is 18.2 Å². The van der Waals surface area contributed by atoms with Gasteiger partial charge in [-0.05, 0) is 47.7 Å². The standard InChI is InChI=1S/C22H27N3O2/c1-26-21-10-15-7-8-25(13-17(15)11-22(21)27-2)14-18(23)9-16-12-24-20-6-4-3-5-19(16)20/h3-6,10-12,18,24H,7-9,13-14,23H2,1-2H3/t18-/m0/s1. The van der Waals surface area contributed by atoms with E-state index in [1.54, 1.807) is 14.2 Å². The van der Waals surface area contributed by atoms with Crippen LogP contribution in [0.25, 0.3) is 10.9 Å². The Morgan fingerprint density at radius 2 is 1.85 bits per heavy atom. The smallest absolute Gasteiger partial charge is 0.161 e. The lowest BCUT2D eigenvalue weighted by Crippen LogP contribution is -2.41. The number of nitrogens with two attached hydrogens (primary N) is 1. The molecular weight excluding hydrogens is 338 g/mol. The van der Waals surface area contributed by atoms with Crippen molar-refractivity contribution >= 4 is 10.9 Å². The third-order valence-corrected chi connectivity index (χ3v) is 5.45. The summed E-state index contributed by atoms with van der Waals surface area (Å²) in [7, 11) is 3.37. The molecule has 0 bridgehead atoms. The first-order chi connectivity index (χ1) is 13.2. The molecule has 1 atom stereocenters. The maximum absolute atomic E-state index is 6.51. The zero-order valence-corrected chi connectivity index (χ0v) is 16.0. The number of rotatable bonds is 6. The molecule has 5 nitrogen and oxygen atoms in total. The van der Waals surface area contributed by atoms with Gasteiger partial charge in [0.15, 0.2) is 11.5 Å². The highest BCUT2D eigenvalue weighted by Crippen LogP contribution is 2.33. The maximum Gasteiger partial charge on any atom is 0.161 e. The Kier molecular flexibility index (Phi) is 5.05. The topological polar surface area (TPSA) is 63.5 Å². The third kappa shape index (κ3) is 3.66. The van der Waals surface area contributed by atoms with Gasteiger partial charge < -0.3 is 20.2 Å². The van der Waals surface area contributed by atoms with Crippen LogP contribution in [0.15, 0.2) is 42.6 Å². The number of nitrogens with zero attached hydrogens (tertiary/aromatic N) is 1. The number of hydrogen-bond donors (Lipinski definition) is 2. The summed E-state index contributed by atoms with van der Waals surface area (Å²) in [6.07, 6.45) is 3.97. The van der Waals surface area contributed by atoms with Crippen LogP contribution in [0, 0.1) is 0 Å². The van der Waals surface area contributed by atoms with Crippen molar-refractivity contribution in [3.63, 3.8) is 0 Å². The molecule has 3 aromatic rings. The van der Waals surface area contributed by atoms with E-state index in [1.165, 1.54) is 27.6 Å². The summed E-state index contributed by atoms with van der Waals surface area (Å²) >= 11 is 0. The molecule has 3 N–H and O–H groups in total. The first-order valence-corrected chi connectivity index (χ1v) is 9.44. The predicted molar refractivity (Wildman–Crippen MR) is 109 cm³/mol. The number of H-pyrrole nitrogens is 1. The van der Waals surface area contributed by atoms with E-state index in [-0.39, 0.29) is 6.04 Å². The summed E-state index contributed by atoms with van der Waals surface area (Å²) in [6, 6.07) is 12.7. The fourth-order valence-corrected chi connectivity index (χ4v) is 4.08. The van der Waals surface area contributed by atoms with Crippen LogP contribution in [-0.4, -0.2) is 43.2 Å². The zero-order chi connectivity index (χ0) is 18.8. The van der Waals surface area contributed by atoms with E-state index in [4.69, 9.17) is 15.2 Å². The van der Waals surface area contributed by atoms with Gasteiger partial charge in [-0.15, -0.1) is 0 Å². The summed E-state index contributed by atoms with van der Waals surface area (Å²) in [6.45, 7) is 2.80. The Hall–Kier alpha value is -2.50. The van der Waals surface area contributed by atoms with Gasteiger partial charge in [-0.3, -0.25) is 4.90 Å². The number of fused-ring (bicyclic) bond motifs is 2. The van der Waals surface area contributed by atoms with Gasteiger partial charge in [0.1, 0.15) is 0 Å². The Labute approximate surface area is 160 Å². The van der Waals surface area contributed by atoms with Gasteiger partial charge in [-0.2, -0.15) is 0 Å². The highest BCUT2D eigenvalue weighted by Gasteiger charge is 2.21. The number of methoxy groups -OCH3 is 2. The van der Waals surface area contributed by atoms with Crippen molar-refractivity contribution in [2.45, 2.75) is 25.4 Å². The van der Waals surface area contributed by atoms with Crippen molar-refractivity contribution in [3.8, 4) is 11.5 Å². The lowest BCUT2D eigenvalue weighted by molar-refractivity contribution is 0.236. The van der Waals surface area contributed by atoms with Crippen molar-refractivity contribution in [1.29, 1.82) is 0 Å². The van der Waals surface area contributed by atoms with E-state index in [0.717, 1.165) is 44.0 Å². The second-order valence-corrected chi connectivity index (χ2v) is 7.28. The van der Waals surface area contributed by atoms with Crippen LogP contribution in [-0.2, 0) is 19.4 Å². The highest BCUT2D eigenvalue weighted by atomic mass is 16.5. The van der Waals surface area contributed by atoms with E-state index in [1.807, 2.05) is 0 Å². The van der Waals surface area contributed by atoms with E-state index in [0.29, 0.717) is 0 Å². The second-order valence-electron chi connectivity index (χ2n) is 7.28. The van der Waals surface area contributed by atoms with Gasteiger partial charge in [0, 0.05) is 42.8 Å². The van der Waals surface area contributed by atoms with E-state index in [9.17, 15) is 0 Å². The number of aromatic nitrogens is 1. The molecule has 1 aliphatic rings. The molecule has 0 amide bonds. The fraction of sp³-hybridized carbons (Fsp3) is 0.364. The first kappa shape index (κ1) is 17.9. The molecule has 2 heterocycles. The molecule has 4 rings (SSSR count). The molecule has 1 aromatic heterocycles. The number of nitrogens with one attached hydrogen (secondary N) is 1. The molecule has 0 aliphatic carbocycles. The monoisotopic (exact) mass is 365 g/mol. The van der Waals surface area contributed by atoms with E-state index >= 15 is 0 Å². The van der Waals surface area contributed by atoms with Crippen LogP contribution >= 0.6 is 0 Å². The Bertz CT molecular complexity index is 934.